The van der Waals surface area contributed by atoms with Crippen molar-refractivity contribution in [3.63, 3.8) is 0 Å². The van der Waals surface area contributed by atoms with Crippen molar-refractivity contribution < 1.29 is 9.47 Å². The van der Waals surface area contributed by atoms with Crippen LogP contribution in [0.25, 0.3) is 0 Å². The average Bonchev–Trinajstić information content (AvgIpc) is 2.41. The number of rotatable bonds is 4. The molecule has 4 nitrogen and oxygen atoms in total. The van der Waals surface area contributed by atoms with E-state index in [1.54, 1.807) is 13.3 Å². The van der Waals surface area contributed by atoms with Crippen molar-refractivity contribution in [3.8, 4) is 17.4 Å². The summed E-state index contributed by atoms with van der Waals surface area (Å²) in [6.45, 7) is 2.10. The highest BCUT2D eigenvalue weighted by Crippen LogP contribution is 2.32. The predicted octanol–water partition coefficient (Wildman–Crippen LogP) is 3.44. The third-order valence-electron chi connectivity index (χ3n) is 2.48. The Bertz CT molecular complexity index is 546. The quantitative estimate of drug-likeness (QED) is 0.788. The fourth-order valence-electron chi connectivity index (χ4n) is 1.50. The molecule has 0 spiro atoms. The van der Waals surface area contributed by atoms with Crippen LogP contribution in [0.5, 0.6) is 17.4 Å². The summed E-state index contributed by atoms with van der Waals surface area (Å²) in [6, 6.07) is 5.89. The molecule has 0 aliphatic rings. The van der Waals surface area contributed by atoms with E-state index in [0.717, 1.165) is 9.99 Å². The molecule has 5 heteroatoms. The van der Waals surface area contributed by atoms with Crippen molar-refractivity contribution in [2.24, 2.45) is 0 Å². The number of hydrogen-bond donors (Lipinski definition) is 0. The molecule has 94 valence electrons. The van der Waals surface area contributed by atoms with Crippen LogP contribution in [0, 0.1) is 3.57 Å². The third kappa shape index (κ3) is 2.90. The predicted molar refractivity (Wildman–Crippen MR) is 77.2 cm³/mol. The second-order valence-corrected chi connectivity index (χ2v) is 4.78. The first-order valence-electron chi connectivity index (χ1n) is 5.55. The molecular weight excluding hydrogens is 343 g/mol. The average molecular weight is 356 g/mol. The van der Waals surface area contributed by atoms with Crippen LogP contribution in [0.1, 0.15) is 12.5 Å². The Morgan fingerprint density at radius 2 is 2.11 bits per heavy atom. The first-order chi connectivity index (χ1) is 8.74. The zero-order chi connectivity index (χ0) is 13.0. The van der Waals surface area contributed by atoms with Gasteiger partial charge in [-0.05, 0) is 46.7 Å². The SMILES string of the molecule is CCc1ccc(Oc2ncncc2I)c(OC)c1. The zero-order valence-electron chi connectivity index (χ0n) is 10.2. The van der Waals surface area contributed by atoms with Gasteiger partial charge in [0.05, 0.1) is 10.7 Å². The molecular formula is C13H13IN2O2. The summed E-state index contributed by atoms with van der Waals surface area (Å²) in [5.41, 5.74) is 1.21. The Balaban J connectivity index is 2.32. The monoisotopic (exact) mass is 356 g/mol. The van der Waals surface area contributed by atoms with E-state index in [1.165, 1.54) is 11.9 Å². The first-order valence-corrected chi connectivity index (χ1v) is 6.62. The summed E-state index contributed by atoms with van der Waals surface area (Å²) in [5, 5.41) is 0. The minimum atomic E-state index is 0.535. The number of benzene rings is 1. The molecule has 2 rings (SSSR count). The third-order valence-corrected chi connectivity index (χ3v) is 3.22. The van der Waals surface area contributed by atoms with Gasteiger partial charge in [-0.2, -0.15) is 0 Å². The van der Waals surface area contributed by atoms with Crippen molar-refractivity contribution in [2.45, 2.75) is 13.3 Å². The molecule has 1 aromatic heterocycles. The van der Waals surface area contributed by atoms with Crippen LogP contribution in [-0.2, 0) is 6.42 Å². The maximum absolute atomic E-state index is 5.75. The summed E-state index contributed by atoms with van der Waals surface area (Å²) in [5.74, 6) is 1.91. The van der Waals surface area contributed by atoms with E-state index in [2.05, 4.69) is 39.5 Å². The number of halogens is 1. The second-order valence-electron chi connectivity index (χ2n) is 3.62. The van der Waals surface area contributed by atoms with Gasteiger partial charge in [0.25, 0.3) is 0 Å². The van der Waals surface area contributed by atoms with Crippen molar-refractivity contribution in [3.05, 3.63) is 39.9 Å². The van der Waals surface area contributed by atoms with Crippen LogP contribution in [0.2, 0.25) is 0 Å². The smallest absolute Gasteiger partial charge is 0.235 e. The Kier molecular flexibility index (Phi) is 4.35. The van der Waals surface area contributed by atoms with Crippen LogP contribution >= 0.6 is 22.6 Å². The first kappa shape index (κ1) is 13.1. The van der Waals surface area contributed by atoms with Crippen LogP contribution in [-0.4, -0.2) is 17.1 Å². The minimum absolute atomic E-state index is 0.535. The highest BCUT2D eigenvalue weighted by atomic mass is 127. The summed E-state index contributed by atoms with van der Waals surface area (Å²) in [4.78, 5) is 8.02. The molecule has 0 saturated carbocycles. The topological polar surface area (TPSA) is 44.2 Å². The molecule has 0 atom stereocenters. The van der Waals surface area contributed by atoms with Crippen LogP contribution in [0.3, 0.4) is 0 Å². The maximum atomic E-state index is 5.75. The Hall–Kier alpha value is -1.37. The lowest BCUT2D eigenvalue weighted by molar-refractivity contribution is 0.372. The van der Waals surface area contributed by atoms with Gasteiger partial charge in [-0.15, -0.1) is 0 Å². The lowest BCUT2D eigenvalue weighted by Crippen LogP contribution is -1.95. The lowest BCUT2D eigenvalue weighted by atomic mass is 10.1. The van der Waals surface area contributed by atoms with Gasteiger partial charge in [-0.3, -0.25) is 0 Å². The largest absolute Gasteiger partial charge is 0.493 e. The molecule has 0 amide bonds. The molecule has 0 radical (unpaired) electrons. The van der Waals surface area contributed by atoms with Gasteiger partial charge in [0, 0.05) is 6.20 Å². The molecule has 0 saturated heterocycles. The van der Waals surface area contributed by atoms with E-state index in [1.807, 2.05) is 18.2 Å². The highest BCUT2D eigenvalue weighted by molar-refractivity contribution is 14.1. The van der Waals surface area contributed by atoms with E-state index in [0.29, 0.717) is 17.4 Å². The van der Waals surface area contributed by atoms with Gasteiger partial charge in [-0.1, -0.05) is 13.0 Å². The number of hydrogen-bond acceptors (Lipinski definition) is 4. The summed E-state index contributed by atoms with van der Waals surface area (Å²) >= 11 is 2.13. The van der Waals surface area contributed by atoms with Crippen LogP contribution in [0.15, 0.2) is 30.7 Å². The molecule has 0 aliphatic carbocycles. The summed E-state index contributed by atoms with van der Waals surface area (Å²) < 4.78 is 11.9. The maximum Gasteiger partial charge on any atom is 0.235 e. The van der Waals surface area contributed by atoms with Gasteiger partial charge >= 0.3 is 0 Å². The van der Waals surface area contributed by atoms with Crippen molar-refractivity contribution in [1.82, 2.24) is 9.97 Å². The van der Waals surface area contributed by atoms with Crippen LogP contribution < -0.4 is 9.47 Å². The van der Waals surface area contributed by atoms with E-state index in [4.69, 9.17) is 9.47 Å². The van der Waals surface area contributed by atoms with Crippen molar-refractivity contribution in [2.75, 3.05) is 7.11 Å². The van der Waals surface area contributed by atoms with Gasteiger partial charge in [0.15, 0.2) is 11.5 Å². The van der Waals surface area contributed by atoms with E-state index >= 15 is 0 Å². The molecule has 0 fully saturated rings. The fraction of sp³-hybridized carbons (Fsp3) is 0.231. The highest BCUT2D eigenvalue weighted by Gasteiger charge is 2.09. The standard InChI is InChI=1S/C13H13IN2O2/c1-3-9-4-5-11(12(6-9)17-2)18-13-10(14)7-15-8-16-13/h4-8H,3H2,1-2H3. The molecule has 0 N–H and O–H groups in total. The molecule has 0 aliphatic heterocycles. The Morgan fingerprint density at radius 3 is 2.78 bits per heavy atom. The summed E-state index contributed by atoms with van der Waals surface area (Å²) in [7, 11) is 1.63. The molecule has 2 aromatic rings. The summed E-state index contributed by atoms with van der Waals surface area (Å²) in [6.07, 6.45) is 4.13. The van der Waals surface area contributed by atoms with E-state index in [9.17, 15) is 0 Å². The van der Waals surface area contributed by atoms with Crippen molar-refractivity contribution >= 4 is 22.6 Å². The molecule has 0 bridgehead atoms. The Labute approximate surface area is 120 Å². The van der Waals surface area contributed by atoms with Crippen molar-refractivity contribution in [1.29, 1.82) is 0 Å². The number of nitrogens with zero attached hydrogens (tertiary/aromatic N) is 2. The lowest BCUT2D eigenvalue weighted by Gasteiger charge is -2.11. The van der Waals surface area contributed by atoms with E-state index < -0.39 is 0 Å². The number of aryl methyl sites for hydroxylation is 1. The number of methoxy groups -OCH3 is 1. The number of ether oxygens (including phenoxy) is 2. The van der Waals surface area contributed by atoms with Gasteiger partial charge < -0.3 is 9.47 Å². The molecule has 18 heavy (non-hydrogen) atoms. The minimum Gasteiger partial charge on any atom is -0.493 e. The van der Waals surface area contributed by atoms with Crippen LogP contribution in [0.4, 0.5) is 0 Å². The van der Waals surface area contributed by atoms with Gasteiger partial charge in [0.2, 0.25) is 5.88 Å². The Morgan fingerprint density at radius 1 is 1.28 bits per heavy atom. The van der Waals surface area contributed by atoms with Gasteiger partial charge in [0.1, 0.15) is 6.33 Å². The molecule has 0 unspecified atom stereocenters. The zero-order valence-corrected chi connectivity index (χ0v) is 12.3. The van der Waals surface area contributed by atoms with Gasteiger partial charge in [-0.25, -0.2) is 9.97 Å². The second kappa shape index (κ2) is 5.99. The fourth-order valence-corrected chi connectivity index (χ4v) is 1.91. The molecule has 1 aromatic carbocycles. The van der Waals surface area contributed by atoms with E-state index in [-0.39, 0.29) is 0 Å². The molecule has 1 heterocycles. The number of aromatic nitrogens is 2. The normalized spacial score (nSPS) is 10.2.